The smallest absolute Gasteiger partial charge is 0.309 e. The molecule has 0 unspecified atom stereocenters. The van der Waals surface area contributed by atoms with Crippen LogP contribution >= 0.6 is 0 Å². The summed E-state index contributed by atoms with van der Waals surface area (Å²) < 4.78 is 7.41. The van der Waals surface area contributed by atoms with E-state index in [9.17, 15) is 4.79 Å². The van der Waals surface area contributed by atoms with Crippen molar-refractivity contribution in [3.63, 3.8) is 0 Å². The third-order valence-corrected chi connectivity index (χ3v) is 3.94. The Labute approximate surface area is 131 Å². The minimum Gasteiger partial charge on any atom is -0.460 e. The zero-order valence-electron chi connectivity index (χ0n) is 13.3. The van der Waals surface area contributed by atoms with Crippen molar-refractivity contribution < 1.29 is 9.53 Å². The first kappa shape index (κ1) is 14.8. The van der Waals surface area contributed by atoms with Crippen LogP contribution in [0.3, 0.4) is 0 Å². The predicted molar refractivity (Wildman–Crippen MR) is 85.3 cm³/mol. The average Bonchev–Trinajstić information content (AvgIpc) is 2.85. The third kappa shape index (κ3) is 3.21. The summed E-state index contributed by atoms with van der Waals surface area (Å²) in [5.41, 5.74) is 1.87. The van der Waals surface area contributed by atoms with Crippen LogP contribution in [0.15, 0.2) is 42.7 Å². The van der Waals surface area contributed by atoms with E-state index in [2.05, 4.69) is 23.4 Å². The molecule has 1 saturated carbocycles. The molecule has 0 atom stereocenters. The Bertz CT molecular complexity index is 649. The molecule has 116 valence electrons. The second-order valence-corrected chi connectivity index (χ2v) is 6.93. The number of hydrogen-bond donors (Lipinski definition) is 0. The molecule has 3 rings (SSSR count). The van der Waals surface area contributed by atoms with E-state index in [1.165, 1.54) is 0 Å². The number of benzene rings is 1. The lowest BCUT2D eigenvalue weighted by Crippen LogP contribution is -2.37. The van der Waals surface area contributed by atoms with Gasteiger partial charge in [-0.1, -0.05) is 30.3 Å². The highest BCUT2D eigenvalue weighted by molar-refractivity contribution is 5.74. The van der Waals surface area contributed by atoms with Gasteiger partial charge in [-0.25, -0.2) is 0 Å². The Morgan fingerprint density at radius 3 is 2.50 bits per heavy atom. The largest absolute Gasteiger partial charge is 0.460 e. The standard InChI is InChI=1S/C18H22N2O2/c1-18(2,3)22-17(21)14-9-16(10-14)20-12-15(11-19-20)13-7-5-4-6-8-13/h4-8,11-12,14,16H,9-10H2,1-3H3. The van der Waals surface area contributed by atoms with Crippen molar-refractivity contribution >= 4 is 5.97 Å². The van der Waals surface area contributed by atoms with Gasteiger partial charge in [-0.3, -0.25) is 9.48 Å². The van der Waals surface area contributed by atoms with Gasteiger partial charge in [0.05, 0.1) is 18.2 Å². The van der Waals surface area contributed by atoms with Crippen LogP contribution in [0.25, 0.3) is 11.1 Å². The molecule has 1 aromatic heterocycles. The second kappa shape index (κ2) is 5.59. The molecule has 1 fully saturated rings. The highest BCUT2D eigenvalue weighted by Gasteiger charge is 2.38. The minimum atomic E-state index is -0.408. The number of esters is 1. The molecular weight excluding hydrogens is 276 g/mol. The fraction of sp³-hybridized carbons (Fsp3) is 0.444. The molecule has 0 aliphatic heterocycles. The predicted octanol–water partition coefficient (Wildman–Crippen LogP) is 3.84. The van der Waals surface area contributed by atoms with Gasteiger partial charge in [-0.15, -0.1) is 0 Å². The molecule has 0 amide bonds. The van der Waals surface area contributed by atoms with E-state index in [4.69, 9.17) is 4.74 Å². The van der Waals surface area contributed by atoms with Crippen LogP contribution in [0, 0.1) is 5.92 Å². The molecule has 1 aliphatic rings. The van der Waals surface area contributed by atoms with Crippen molar-refractivity contribution in [2.75, 3.05) is 0 Å². The molecule has 1 heterocycles. The van der Waals surface area contributed by atoms with Crippen LogP contribution < -0.4 is 0 Å². The van der Waals surface area contributed by atoms with Gasteiger partial charge in [-0.05, 0) is 39.2 Å². The summed E-state index contributed by atoms with van der Waals surface area (Å²) in [7, 11) is 0. The summed E-state index contributed by atoms with van der Waals surface area (Å²) >= 11 is 0. The van der Waals surface area contributed by atoms with E-state index in [1.54, 1.807) is 0 Å². The Morgan fingerprint density at radius 1 is 1.18 bits per heavy atom. The van der Waals surface area contributed by atoms with E-state index >= 15 is 0 Å². The van der Waals surface area contributed by atoms with Gasteiger partial charge < -0.3 is 4.74 Å². The molecule has 2 aromatic rings. The fourth-order valence-electron chi connectivity index (χ4n) is 2.70. The van der Waals surface area contributed by atoms with Gasteiger partial charge in [0.2, 0.25) is 0 Å². The second-order valence-electron chi connectivity index (χ2n) is 6.93. The molecule has 0 bridgehead atoms. The third-order valence-electron chi connectivity index (χ3n) is 3.94. The van der Waals surface area contributed by atoms with Crippen LogP contribution in [-0.2, 0) is 9.53 Å². The van der Waals surface area contributed by atoms with Crippen LogP contribution in [0.5, 0.6) is 0 Å². The van der Waals surface area contributed by atoms with Crippen molar-refractivity contribution in [2.45, 2.75) is 45.3 Å². The van der Waals surface area contributed by atoms with Crippen molar-refractivity contribution in [3.8, 4) is 11.1 Å². The summed E-state index contributed by atoms with van der Waals surface area (Å²) in [4.78, 5) is 12.0. The van der Waals surface area contributed by atoms with E-state index in [-0.39, 0.29) is 11.9 Å². The molecule has 22 heavy (non-hydrogen) atoms. The summed E-state index contributed by atoms with van der Waals surface area (Å²) in [5, 5.41) is 4.45. The van der Waals surface area contributed by atoms with Gasteiger partial charge in [0.15, 0.2) is 0 Å². The first-order chi connectivity index (χ1) is 10.4. The zero-order chi connectivity index (χ0) is 15.7. The summed E-state index contributed by atoms with van der Waals surface area (Å²) in [5.74, 6) is -0.0761. The minimum absolute atomic E-state index is 0.00796. The molecule has 1 aromatic carbocycles. The van der Waals surface area contributed by atoms with E-state index in [0.717, 1.165) is 24.0 Å². The number of rotatable bonds is 3. The average molecular weight is 298 g/mol. The molecular formula is C18H22N2O2. The lowest BCUT2D eigenvalue weighted by Gasteiger charge is -2.35. The number of ether oxygens (including phenoxy) is 1. The van der Waals surface area contributed by atoms with Crippen molar-refractivity contribution in [3.05, 3.63) is 42.7 Å². The molecule has 4 heteroatoms. The topological polar surface area (TPSA) is 44.1 Å². The first-order valence-electron chi connectivity index (χ1n) is 7.75. The zero-order valence-corrected chi connectivity index (χ0v) is 13.3. The lowest BCUT2D eigenvalue weighted by molar-refractivity contribution is -0.164. The number of hydrogen-bond acceptors (Lipinski definition) is 3. The molecule has 1 aliphatic carbocycles. The van der Waals surface area contributed by atoms with Gasteiger partial charge in [0.1, 0.15) is 5.60 Å². The van der Waals surface area contributed by atoms with Gasteiger partial charge in [-0.2, -0.15) is 5.10 Å². The normalized spacial score (nSPS) is 21.2. The van der Waals surface area contributed by atoms with Crippen LogP contribution in [0.4, 0.5) is 0 Å². The highest BCUT2D eigenvalue weighted by Crippen LogP contribution is 2.39. The lowest BCUT2D eigenvalue weighted by atomic mass is 9.80. The van der Waals surface area contributed by atoms with Gasteiger partial charge in [0, 0.05) is 11.8 Å². The Kier molecular flexibility index (Phi) is 3.77. The molecule has 0 spiro atoms. The maximum Gasteiger partial charge on any atom is 0.309 e. The van der Waals surface area contributed by atoms with E-state index in [1.807, 2.05) is 49.8 Å². The van der Waals surface area contributed by atoms with Crippen molar-refractivity contribution in [1.82, 2.24) is 9.78 Å². The molecule has 0 N–H and O–H groups in total. The van der Waals surface area contributed by atoms with Crippen molar-refractivity contribution in [2.24, 2.45) is 5.92 Å². The number of aromatic nitrogens is 2. The Balaban J connectivity index is 1.60. The number of carbonyl (C=O) groups excluding carboxylic acids is 1. The molecule has 0 saturated heterocycles. The first-order valence-corrected chi connectivity index (χ1v) is 7.75. The Hall–Kier alpha value is -2.10. The SMILES string of the molecule is CC(C)(C)OC(=O)C1CC(n2cc(-c3ccccc3)cn2)C1. The summed E-state index contributed by atoms with van der Waals surface area (Å²) in [6.45, 7) is 5.71. The van der Waals surface area contributed by atoms with Gasteiger partial charge >= 0.3 is 5.97 Å². The quantitative estimate of drug-likeness (QED) is 0.809. The maximum atomic E-state index is 12.0. The summed E-state index contributed by atoms with van der Waals surface area (Å²) in [6, 6.07) is 10.5. The maximum absolute atomic E-state index is 12.0. The van der Waals surface area contributed by atoms with Gasteiger partial charge in [0.25, 0.3) is 0 Å². The van der Waals surface area contributed by atoms with Crippen LogP contribution in [-0.4, -0.2) is 21.4 Å². The van der Waals surface area contributed by atoms with E-state index < -0.39 is 5.60 Å². The van der Waals surface area contributed by atoms with E-state index in [0.29, 0.717) is 6.04 Å². The fourth-order valence-corrected chi connectivity index (χ4v) is 2.70. The molecule has 0 radical (unpaired) electrons. The molecule has 4 nitrogen and oxygen atoms in total. The Morgan fingerprint density at radius 2 is 1.86 bits per heavy atom. The van der Waals surface area contributed by atoms with Crippen LogP contribution in [0.1, 0.15) is 39.7 Å². The monoisotopic (exact) mass is 298 g/mol. The number of nitrogens with zero attached hydrogens (tertiary/aromatic N) is 2. The number of carbonyl (C=O) groups is 1. The van der Waals surface area contributed by atoms with Crippen LogP contribution in [0.2, 0.25) is 0 Å². The summed E-state index contributed by atoms with van der Waals surface area (Å²) in [6.07, 6.45) is 5.57. The highest BCUT2D eigenvalue weighted by atomic mass is 16.6. The van der Waals surface area contributed by atoms with Crippen molar-refractivity contribution in [1.29, 1.82) is 0 Å².